The van der Waals surface area contributed by atoms with Crippen molar-refractivity contribution in [3.05, 3.63) is 89.5 Å². The normalized spacial score (nSPS) is 12.4. The van der Waals surface area contributed by atoms with Crippen LogP contribution in [-0.2, 0) is 11.2 Å². The van der Waals surface area contributed by atoms with Crippen molar-refractivity contribution in [1.82, 2.24) is 9.97 Å². The fourth-order valence-corrected chi connectivity index (χ4v) is 3.00. The van der Waals surface area contributed by atoms with Gasteiger partial charge in [-0.2, -0.15) is 0 Å². The van der Waals surface area contributed by atoms with E-state index < -0.39 is 29.7 Å². The van der Waals surface area contributed by atoms with E-state index in [-0.39, 0.29) is 29.9 Å². The molecule has 4 nitrogen and oxygen atoms in total. The van der Waals surface area contributed by atoms with Crippen LogP contribution in [0.3, 0.4) is 0 Å². The molecule has 9 heteroatoms. The molecular formula is C21H15F5N2O2. The Kier molecular flexibility index (Phi) is 6.39. The number of benzene rings is 1. The van der Waals surface area contributed by atoms with Crippen LogP contribution in [0.4, 0.5) is 22.0 Å². The number of nitrogens with zero attached hydrogens (tertiary/aromatic N) is 2. The number of alkyl halides is 3. The molecule has 2 heterocycles. The predicted octanol–water partition coefficient (Wildman–Crippen LogP) is 4.99. The van der Waals surface area contributed by atoms with Gasteiger partial charge in [-0.25, -0.2) is 8.78 Å². The molecule has 0 amide bonds. The number of ether oxygens (including phenoxy) is 1. The lowest BCUT2D eigenvalue weighted by atomic mass is 9.88. The van der Waals surface area contributed by atoms with Gasteiger partial charge in [-0.1, -0.05) is 12.1 Å². The van der Waals surface area contributed by atoms with Crippen LogP contribution in [0.15, 0.2) is 61.1 Å². The predicted molar refractivity (Wildman–Crippen MR) is 96.7 cm³/mol. The molecule has 2 aromatic heterocycles. The average Bonchev–Trinajstić information content (AvgIpc) is 2.68. The van der Waals surface area contributed by atoms with Crippen molar-refractivity contribution in [2.75, 3.05) is 0 Å². The Bertz CT molecular complexity index is 1030. The van der Waals surface area contributed by atoms with E-state index in [9.17, 15) is 26.7 Å². The van der Waals surface area contributed by atoms with Crippen molar-refractivity contribution < 1.29 is 31.5 Å². The van der Waals surface area contributed by atoms with Gasteiger partial charge >= 0.3 is 6.36 Å². The molecule has 30 heavy (non-hydrogen) atoms. The third-order valence-corrected chi connectivity index (χ3v) is 4.26. The highest BCUT2D eigenvalue weighted by molar-refractivity contribution is 5.82. The number of hydrogen-bond acceptors (Lipinski definition) is 4. The van der Waals surface area contributed by atoms with Crippen molar-refractivity contribution in [2.45, 2.75) is 25.1 Å². The van der Waals surface area contributed by atoms with Gasteiger partial charge in [0.2, 0.25) is 0 Å². The third-order valence-electron chi connectivity index (χ3n) is 4.26. The van der Waals surface area contributed by atoms with Crippen LogP contribution in [0.1, 0.15) is 29.2 Å². The molecule has 0 aliphatic heterocycles. The molecule has 0 aliphatic rings. The molecule has 0 saturated carbocycles. The second-order valence-electron chi connectivity index (χ2n) is 6.44. The lowest BCUT2D eigenvalue weighted by molar-refractivity contribution is -0.275. The Labute approximate surface area is 168 Å². The maximum atomic E-state index is 14.4. The number of Topliss-reactive ketones (excluding diaryl/α,β-unsaturated/α-hetero) is 1. The Morgan fingerprint density at radius 3 is 2.43 bits per heavy atom. The summed E-state index contributed by atoms with van der Waals surface area (Å²) in [7, 11) is 0. The lowest BCUT2D eigenvalue weighted by Crippen LogP contribution is -2.18. The Morgan fingerprint density at radius 2 is 1.80 bits per heavy atom. The number of ketones is 1. The first-order valence-electron chi connectivity index (χ1n) is 8.79. The van der Waals surface area contributed by atoms with E-state index in [2.05, 4.69) is 14.7 Å². The molecule has 0 unspecified atom stereocenters. The van der Waals surface area contributed by atoms with Crippen LogP contribution in [0.5, 0.6) is 5.75 Å². The molecule has 3 rings (SSSR count). The summed E-state index contributed by atoms with van der Waals surface area (Å²) in [6.45, 7) is 0. The van der Waals surface area contributed by atoms with Crippen molar-refractivity contribution in [1.29, 1.82) is 0 Å². The summed E-state index contributed by atoms with van der Waals surface area (Å²) in [5, 5.41) is 0. The zero-order chi connectivity index (χ0) is 21.7. The minimum absolute atomic E-state index is 0.0105. The first-order valence-corrected chi connectivity index (χ1v) is 8.79. The van der Waals surface area contributed by atoms with Crippen LogP contribution >= 0.6 is 0 Å². The second kappa shape index (κ2) is 8.98. The highest BCUT2D eigenvalue weighted by Gasteiger charge is 2.33. The molecule has 0 spiro atoms. The first-order chi connectivity index (χ1) is 14.2. The van der Waals surface area contributed by atoms with E-state index in [1.54, 1.807) is 18.3 Å². The summed E-state index contributed by atoms with van der Waals surface area (Å²) in [5.41, 5.74) is 0.628. The summed E-state index contributed by atoms with van der Waals surface area (Å²) >= 11 is 0. The second-order valence-corrected chi connectivity index (χ2v) is 6.44. The zero-order valence-electron chi connectivity index (χ0n) is 15.4. The van der Waals surface area contributed by atoms with Gasteiger partial charge < -0.3 is 4.74 Å². The molecule has 1 aromatic carbocycles. The van der Waals surface area contributed by atoms with Gasteiger partial charge in [0.15, 0.2) is 11.6 Å². The van der Waals surface area contributed by atoms with Crippen molar-refractivity contribution >= 4 is 5.78 Å². The molecule has 0 aliphatic carbocycles. The van der Waals surface area contributed by atoms with Crippen molar-refractivity contribution in [3.63, 3.8) is 0 Å². The van der Waals surface area contributed by atoms with Gasteiger partial charge in [0.1, 0.15) is 11.6 Å². The molecule has 156 valence electrons. The number of aromatic nitrogens is 2. The van der Waals surface area contributed by atoms with Gasteiger partial charge in [-0.3, -0.25) is 14.8 Å². The van der Waals surface area contributed by atoms with Gasteiger partial charge in [0.05, 0.1) is 5.69 Å². The maximum Gasteiger partial charge on any atom is 0.573 e. The summed E-state index contributed by atoms with van der Waals surface area (Å²) < 4.78 is 69.3. The van der Waals surface area contributed by atoms with Crippen LogP contribution in [-0.4, -0.2) is 22.1 Å². The molecular weight excluding hydrogens is 407 g/mol. The number of hydrogen-bond donors (Lipinski definition) is 0. The number of halogens is 5. The quantitative estimate of drug-likeness (QED) is 0.504. The SMILES string of the molecule is O=C(Cc1cccnc1)C[C@@H](c1ccc(OC(F)(F)F)c(F)c1)c1ncccc1F. The standard InChI is InChI=1S/C21H15F5N2O2/c22-17-4-2-8-28-20(17)16(11-15(29)9-13-3-1-7-27-12-13)14-5-6-19(18(23)10-14)30-21(24,25)26/h1-8,10,12,16H,9,11H2/t16-/m0/s1. The number of rotatable bonds is 7. The largest absolute Gasteiger partial charge is 0.573 e. The fourth-order valence-electron chi connectivity index (χ4n) is 3.00. The molecule has 0 N–H and O–H groups in total. The van der Waals surface area contributed by atoms with E-state index in [0.717, 1.165) is 24.3 Å². The molecule has 0 saturated heterocycles. The first kappa shape index (κ1) is 21.4. The highest BCUT2D eigenvalue weighted by Crippen LogP contribution is 2.33. The molecule has 3 aromatic rings. The third kappa shape index (κ3) is 5.59. The van der Waals surface area contributed by atoms with Crippen LogP contribution in [0.2, 0.25) is 0 Å². The van der Waals surface area contributed by atoms with E-state index in [1.165, 1.54) is 18.5 Å². The van der Waals surface area contributed by atoms with Gasteiger partial charge in [-0.05, 0) is 41.5 Å². The molecule has 0 fully saturated rings. The maximum absolute atomic E-state index is 14.4. The summed E-state index contributed by atoms with van der Waals surface area (Å²) in [4.78, 5) is 20.4. The zero-order valence-corrected chi connectivity index (χ0v) is 15.4. The molecule has 0 radical (unpaired) electrons. The van der Waals surface area contributed by atoms with E-state index in [1.807, 2.05) is 0 Å². The van der Waals surface area contributed by atoms with E-state index in [0.29, 0.717) is 5.56 Å². The number of pyridine rings is 2. The summed E-state index contributed by atoms with van der Waals surface area (Å²) in [6.07, 6.45) is -0.911. The minimum atomic E-state index is -5.06. The van der Waals surface area contributed by atoms with Crippen molar-refractivity contribution in [3.8, 4) is 5.75 Å². The van der Waals surface area contributed by atoms with E-state index >= 15 is 0 Å². The van der Waals surface area contributed by atoms with Gasteiger partial charge in [-0.15, -0.1) is 13.2 Å². The monoisotopic (exact) mass is 422 g/mol. The minimum Gasteiger partial charge on any atom is -0.403 e. The van der Waals surface area contributed by atoms with Crippen LogP contribution in [0, 0.1) is 11.6 Å². The van der Waals surface area contributed by atoms with Gasteiger partial charge in [0, 0.05) is 37.4 Å². The van der Waals surface area contributed by atoms with E-state index in [4.69, 9.17) is 0 Å². The fraction of sp³-hybridized carbons (Fsp3) is 0.190. The van der Waals surface area contributed by atoms with Crippen LogP contribution < -0.4 is 4.74 Å². The van der Waals surface area contributed by atoms with Crippen molar-refractivity contribution in [2.24, 2.45) is 0 Å². The topological polar surface area (TPSA) is 52.1 Å². The Morgan fingerprint density at radius 1 is 1.03 bits per heavy atom. The molecule has 1 atom stereocenters. The lowest BCUT2D eigenvalue weighted by Gasteiger charge is -2.18. The highest BCUT2D eigenvalue weighted by atomic mass is 19.4. The smallest absolute Gasteiger partial charge is 0.403 e. The Hall–Kier alpha value is -3.36. The van der Waals surface area contributed by atoms with Crippen LogP contribution in [0.25, 0.3) is 0 Å². The summed E-state index contributed by atoms with van der Waals surface area (Å²) in [5.74, 6) is -4.31. The average molecular weight is 422 g/mol. The summed E-state index contributed by atoms with van der Waals surface area (Å²) in [6, 6.07) is 8.58. The Balaban J connectivity index is 1.91. The number of carbonyl (C=O) groups excluding carboxylic acids is 1. The van der Waals surface area contributed by atoms with Gasteiger partial charge in [0.25, 0.3) is 0 Å². The number of carbonyl (C=O) groups is 1. The molecule has 0 bridgehead atoms.